The Labute approximate surface area is 232 Å². The SMILES string of the molecule is COc1ccc(C2Nc3ccccc3C(=O)N2Cc2ccc(Cl)cc2)cc1COc1ccc(NC(C)=O)cc1. The molecule has 2 N–H and O–H groups in total. The van der Waals surface area contributed by atoms with Gasteiger partial charge in [-0.15, -0.1) is 0 Å². The number of carbonyl (C=O) groups excluding carboxylic acids is 2. The van der Waals surface area contributed by atoms with Crippen molar-refractivity contribution < 1.29 is 19.1 Å². The van der Waals surface area contributed by atoms with Crippen LogP contribution >= 0.6 is 11.6 Å². The van der Waals surface area contributed by atoms with E-state index in [9.17, 15) is 9.59 Å². The molecule has 4 aromatic carbocycles. The molecule has 1 aliphatic rings. The molecule has 1 aliphatic heterocycles. The van der Waals surface area contributed by atoms with Gasteiger partial charge in [-0.3, -0.25) is 9.59 Å². The molecule has 7 nitrogen and oxygen atoms in total. The van der Waals surface area contributed by atoms with Gasteiger partial charge in [0.25, 0.3) is 5.91 Å². The molecule has 8 heteroatoms. The van der Waals surface area contributed by atoms with E-state index in [1.807, 2.05) is 71.6 Å². The fourth-order valence-electron chi connectivity index (χ4n) is 4.59. The van der Waals surface area contributed by atoms with Crippen LogP contribution in [0.3, 0.4) is 0 Å². The van der Waals surface area contributed by atoms with Crippen molar-refractivity contribution in [3.8, 4) is 11.5 Å². The highest BCUT2D eigenvalue weighted by molar-refractivity contribution is 6.30. The van der Waals surface area contributed by atoms with E-state index in [4.69, 9.17) is 21.1 Å². The van der Waals surface area contributed by atoms with E-state index >= 15 is 0 Å². The predicted octanol–water partition coefficient (Wildman–Crippen LogP) is 6.65. The predicted molar refractivity (Wildman–Crippen MR) is 152 cm³/mol. The highest BCUT2D eigenvalue weighted by atomic mass is 35.5. The third-order valence-electron chi connectivity index (χ3n) is 6.48. The van der Waals surface area contributed by atoms with Gasteiger partial charge in [-0.05, 0) is 71.8 Å². The molecule has 0 spiro atoms. The van der Waals surface area contributed by atoms with Crippen LogP contribution in [0.4, 0.5) is 11.4 Å². The molecule has 4 aromatic rings. The minimum atomic E-state index is -0.412. The number of amides is 2. The van der Waals surface area contributed by atoms with Crippen LogP contribution in [0.5, 0.6) is 11.5 Å². The molecular formula is C31H28ClN3O4. The highest BCUT2D eigenvalue weighted by Crippen LogP contribution is 2.36. The Kier molecular flexibility index (Phi) is 7.70. The summed E-state index contributed by atoms with van der Waals surface area (Å²) in [5.74, 6) is 1.14. The van der Waals surface area contributed by atoms with Crippen molar-refractivity contribution >= 4 is 34.8 Å². The number of nitrogens with one attached hydrogen (secondary N) is 2. The van der Waals surface area contributed by atoms with Crippen molar-refractivity contribution in [2.24, 2.45) is 0 Å². The van der Waals surface area contributed by atoms with Gasteiger partial charge in [0.05, 0.1) is 12.7 Å². The molecule has 198 valence electrons. The summed E-state index contributed by atoms with van der Waals surface area (Å²) in [5.41, 5.74) is 4.81. The van der Waals surface area contributed by atoms with E-state index in [2.05, 4.69) is 10.6 Å². The van der Waals surface area contributed by atoms with Crippen LogP contribution in [0.2, 0.25) is 5.02 Å². The second-order valence-corrected chi connectivity index (χ2v) is 9.65. The van der Waals surface area contributed by atoms with Crippen LogP contribution in [0.15, 0.2) is 91.0 Å². The van der Waals surface area contributed by atoms with E-state index < -0.39 is 6.17 Å². The van der Waals surface area contributed by atoms with Gasteiger partial charge in [-0.25, -0.2) is 0 Å². The Morgan fingerprint density at radius 3 is 2.46 bits per heavy atom. The van der Waals surface area contributed by atoms with E-state index in [0.29, 0.717) is 34.3 Å². The zero-order chi connectivity index (χ0) is 27.4. The van der Waals surface area contributed by atoms with Crippen LogP contribution in [0.1, 0.15) is 40.1 Å². The van der Waals surface area contributed by atoms with Crippen molar-refractivity contribution in [1.82, 2.24) is 4.90 Å². The Hall–Kier alpha value is -4.49. The minimum Gasteiger partial charge on any atom is -0.496 e. The summed E-state index contributed by atoms with van der Waals surface area (Å²) in [7, 11) is 1.62. The Morgan fingerprint density at radius 1 is 1.00 bits per heavy atom. The van der Waals surface area contributed by atoms with Gasteiger partial charge < -0.3 is 25.0 Å². The summed E-state index contributed by atoms with van der Waals surface area (Å²) < 4.78 is 11.7. The zero-order valence-electron chi connectivity index (χ0n) is 21.6. The van der Waals surface area contributed by atoms with Gasteiger partial charge >= 0.3 is 0 Å². The van der Waals surface area contributed by atoms with E-state index in [0.717, 1.165) is 22.4 Å². The monoisotopic (exact) mass is 541 g/mol. The first-order valence-corrected chi connectivity index (χ1v) is 12.9. The maximum atomic E-state index is 13.7. The maximum absolute atomic E-state index is 13.7. The van der Waals surface area contributed by atoms with Gasteiger partial charge in [-0.1, -0.05) is 41.9 Å². The molecular weight excluding hydrogens is 514 g/mol. The van der Waals surface area contributed by atoms with E-state index in [1.54, 1.807) is 31.4 Å². The average molecular weight is 542 g/mol. The van der Waals surface area contributed by atoms with Crippen LogP contribution in [0, 0.1) is 0 Å². The van der Waals surface area contributed by atoms with Gasteiger partial charge in [0, 0.05) is 35.4 Å². The number of carbonyl (C=O) groups is 2. The second-order valence-electron chi connectivity index (χ2n) is 9.22. The minimum absolute atomic E-state index is 0.0582. The van der Waals surface area contributed by atoms with Gasteiger partial charge in [0.2, 0.25) is 5.91 Å². The topological polar surface area (TPSA) is 79.9 Å². The van der Waals surface area contributed by atoms with Crippen molar-refractivity contribution in [3.63, 3.8) is 0 Å². The van der Waals surface area contributed by atoms with Crippen molar-refractivity contribution in [3.05, 3.63) is 118 Å². The molecule has 0 radical (unpaired) electrons. The zero-order valence-corrected chi connectivity index (χ0v) is 22.4. The van der Waals surface area contributed by atoms with Crippen molar-refractivity contribution in [1.29, 1.82) is 0 Å². The number of fused-ring (bicyclic) bond motifs is 1. The number of benzene rings is 4. The molecule has 0 fully saturated rings. The van der Waals surface area contributed by atoms with E-state index in [-0.39, 0.29) is 18.4 Å². The molecule has 5 rings (SSSR count). The Bertz CT molecular complexity index is 1490. The fraction of sp³-hybridized carbons (Fsp3) is 0.161. The number of para-hydroxylation sites is 1. The quantitative estimate of drug-likeness (QED) is 0.261. The maximum Gasteiger partial charge on any atom is 0.258 e. The van der Waals surface area contributed by atoms with Gasteiger partial charge in [0.1, 0.15) is 24.3 Å². The highest BCUT2D eigenvalue weighted by Gasteiger charge is 2.33. The standard InChI is InChI=1S/C31H28ClN3O4/c1-20(36)33-25-12-14-26(15-13-25)39-19-23-17-22(9-16-29(23)38-2)30-34-28-6-4-3-5-27(28)31(37)35(30)18-21-7-10-24(32)11-8-21/h3-17,30,34H,18-19H2,1-2H3,(H,33,36). The summed E-state index contributed by atoms with van der Waals surface area (Å²) >= 11 is 6.09. The molecule has 2 amide bonds. The molecule has 1 heterocycles. The lowest BCUT2D eigenvalue weighted by molar-refractivity contribution is -0.114. The Morgan fingerprint density at radius 2 is 1.74 bits per heavy atom. The summed E-state index contributed by atoms with van der Waals surface area (Å²) in [6.07, 6.45) is -0.412. The van der Waals surface area contributed by atoms with Crippen LogP contribution in [-0.4, -0.2) is 23.8 Å². The van der Waals surface area contributed by atoms with Crippen LogP contribution in [0.25, 0.3) is 0 Å². The van der Waals surface area contributed by atoms with Crippen LogP contribution in [-0.2, 0) is 17.9 Å². The number of hydrogen-bond acceptors (Lipinski definition) is 5. The Balaban J connectivity index is 1.43. The molecule has 0 aliphatic carbocycles. The first-order chi connectivity index (χ1) is 18.9. The molecule has 39 heavy (non-hydrogen) atoms. The average Bonchev–Trinajstić information content (AvgIpc) is 2.95. The molecule has 0 saturated carbocycles. The first-order valence-electron chi connectivity index (χ1n) is 12.5. The number of ether oxygens (including phenoxy) is 2. The normalized spacial score (nSPS) is 14.3. The van der Waals surface area contributed by atoms with Crippen molar-refractivity contribution in [2.45, 2.75) is 26.2 Å². The number of halogens is 1. The lowest BCUT2D eigenvalue weighted by Gasteiger charge is -2.38. The lowest BCUT2D eigenvalue weighted by Crippen LogP contribution is -2.42. The van der Waals surface area contributed by atoms with Gasteiger partial charge in [0.15, 0.2) is 0 Å². The second kappa shape index (κ2) is 11.5. The third-order valence-corrected chi connectivity index (χ3v) is 6.73. The first kappa shape index (κ1) is 26.1. The smallest absolute Gasteiger partial charge is 0.258 e. The summed E-state index contributed by atoms with van der Waals surface area (Å²) in [4.78, 5) is 26.8. The summed E-state index contributed by atoms with van der Waals surface area (Å²) in [6.45, 7) is 2.12. The molecule has 0 saturated heterocycles. The molecule has 0 aromatic heterocycles. The van der Waals surface area contributed by atoms with Crippen LogP contribution < -0.4 is 20.1 Å². The number of nitrogens with zero attached hydrogens (tertiary/aromatic N) is 1. The number of rotatable bonds is 8. The van der Waals surface area contributed by atoms with Gasteiger partial charge in [-0.2, -0.15) is 0 Å². The molecule has 1 unspecified atom stereocenters. The largest absolute Gasteiger partial charge is 0.496 e. The lowest BCUT2D eigenvalue weighted by atomic mass is 10.0. The van der Waals surface area contributed by atoms with Crippen molar-refractivity contribution in [2.75, 3.05) is 17.7 Å². The number of methoxy groups -OCH3 is 1. The summed E-state index contributed by atoms with van der Waals surface area (Å²) in [5, 5.41) is 6.94. The fourth-order valence-corrected chi connectivity index (χ4v) is 4.71. The molecule has 1 atom stereocenters. The number of hydrogen-bond donors (Lipinski definition) is 2. The summed E-state index contributed by atoms with van der Waals surface area (Å²) in [6, 6.07) is 28.1. The third kappa shape index (κ3) is 5.99. The van der Waals surface area contributed by atoms with E-state index in [1.165, 1.54) is 6.92 Å². The number of anilines is 2. The molecule has 0 bridgehead atoms.